The molecule has 0 radical (unpaired) electrons. The zero-order valence-electron chi connectivity index (χ0n) is 24.5. The Morgan fingerprint density at radius 3 is 2.42 bits per heavy atom. The van der Waals surface area contributed by atoms with E-state index < -0.39 is 23.3 Å². The highest BCUT2D eigenvalue weighted by atomic mass is 19.4. The van der Waals surface area contributed by atoms with E-state index in [1.807, 2.05) is 83.4 Å². The average molecular weight is 611 g/mol. The van der Waals surface area contributed by atoms with Gasteiger partial charge in [-0.25, -0.2) is 9.97 Å². The molecule has 0 aliphatic carbocycles. The molecule has 7 nitrogen and oxygen atoms in total. The Balaban J connectivity index is 1.34. The number of alkyl halides is 3. The van der Waals surface area contributed by atoms with E-state index in [0.29, 0.717) is 34.8 Å². The summed E-state index contributed by atoms with van der Waals surface area (Å²) in [5, 5.41) is 10.9. The van der Waals surface area contributed by atoms with Crippen LogP contribution in [0.1, 0.15) is 36.6 Å². The van der Waals surface area contributed by atoms with Gasteiger partial charge in [0.05, 0.1) is 27.7 Å². The lowest BCUT2D eigenvalue weighted by molar-refractivity contribution is -0.147. The fraction of sp³-hybridized carbons (Fsp3) is 0.200. The molecule has 0 fully saturated rings. The van der Waals surface area contributed by atoms with Gasteiger partial charge in [0.2, 0.25) is 0 Å². The lowest BCUT2D eigenvalue weighted by Crippen LogP contribution is -2.28. The summed E-state index contributed by atoms with van der Waals surface area (Å²) in [7, 11) is 0. The monoisotopic (exact) mass is 610 g/mol. The van der Waals surface area contributed by atoms with E-state index in [1.54, 1.807) is 13.8 Å². The van der Waals surface area contributed by atoms with Crippen LogP contribution in [0, 0.1) is 5.41 Å². The van der Waals surface area contributed by atoms with Crippen molar-refractivity contribution in [2.45, 2.75) is 39.6 Å². The van der Waals surface area contributed by atoms with Gasteiger partial charge >= 0.3 is 12.1 Å². The molecule has 0 saturated heterocycles. The molecule has 10 heteroatoms. The largest absolute Gasteiger partial charge is 0.487 e. The SMILES string of the molecule is CC(C)(Cc1nc2cc(OCc3ccc4ccccc4n3)ccc2n1Cc1ccccc1-c1ccc(C(F)(F)F)nc1)C(=O)O. The van der Waals surface area contributed by atoms with Gasteiger partial charge in [-0.1, -0.05) is 54.6 Å². The van der Waals surface area contributed by atoms with E-state index in [1.165, 1.54) is 12.3 Å². The number of halogens is 3. The first-order valence-corrected chi connectivity index (χ1v) is 14.3. The number of pyridine rings is 2. The molecule has 0 amide bonds. The van der Waals surface area contributed by atoms with Crippen LogP contribution in [-0.4, -0.2) is 30.6 Å². The topological polar surface area (TPSA) is 90.1 Å². The first kappa shape index (κ1) is 29.8. The molecule has 0 aliphatic heterocycles. The summed E-state index contributed by atoms with van der Waals surface area (Å²) in [5.74, 6) is 0.192. The maximum Gasteiger partial charge on any atom is 0.433 e. The van der Waals surface area contributed by atoms with Gasteiger partial charge in [-0.15, -0.1) is 0 Å². The van der Waals surface area contributed by atoms with Gasteiger partial charge in [0.15, 0.2) is 0 Å². The second-order valence-corrected chi connectivity index (χ2v) is 11.5. The van der Waals surface area contributed by atoms with Crippen LogP contribution in [0.4, 0.5) is 13.2 Å². The summed E-state index contributed by atoms with van der Waals surface area (Å²) < 4.78 is 47.4. The maximum atomic E-state index is 13.1. The maximum absolute atomic E-state index is 13.1. The van der Waals surface area contributed by atoms with Crippen LogP contribution in [0.2, 0.25) is 0 Å². The fourth-order valence-electron chi connectivity index (χ4n) is 5.21. The minimum atomic E-state index is -4.53. The third kappa shape index (κ3) is 6.35. The Kier molecular flexibility index (Phi) is 7.74. The van der Waals surface area contributed by atoms with Crippen LogP contribution in [-0.2, 0) is 30.5 Å². The Hall–Kier alpha value is -5.25. The summed E-state index contributed by atoms with van der Waals surface area (Å²) in [4.78, 5) is 25.2. The van der Waals surface area contributed by atoms with Gasteiger partial charge in [0.1, 0.15) is 23.9 Å². The van der Waals surface area contributed by atoms with Crippen molar-refractivity contribution in [2.75, 3.05) is 0 Å². The van der Waals surface area contributed by atoms with E-state index in [9.17, 15) is 23.1 Å². The Labute approximate surface area is 257 Å². The molecule has 6 rings (SSSR count). The normalized spacial score (nSPS) is 12.1. The second-order valence-electron chi connectivity index (χ2n) is 11.5. The number of carboxylic acid groups (broad SMARTS) is 1. The lowest BCUT2D eigenvalue weighted by atomic mass is 9.89. The fourth-order valence-corrected chi connectivity index (χ4v) is 5.21. The quantitative estimate of drug-likeness (QED) is 0.179. The van der Waals surface area contributed by atoms with Gasteiger partial charge in [-0.2, -0.15) is 13.2 Å². The highest BCUT2D eigenvalue weighted by molar-refractivity contribution is 5.80. The van der Waals surface area contributed by atoms with Gasteiger partial charge in [0, 0.05) is 36.2 Å². The summed E-state index contributed by atoms with van der Waals surface area (Å²) in [6.07, 6.45) is -3.16. The van der Waals surface area contributed by atoms with Crippen molar-refractivity contribution in [1.29, 1.82) is 0 Å². The van der Waals surface area contributed by atoms with Crippen LogP contribution < -0.4 is 4.74 Å². The number of nitrogens with zero attached hydrogens (tertiary/aromatic N) is 4. The number of carbonyl (C=O) groups is 1. The molecule has 0 bridgehead atoms. The highest BCUT2D eigenvalue weighted by Gasteiger charge is 2.32. The molecule has 45 heavy (non-hydrogen) atoms. The van der Waals surface area contributed by atoms with Crippen molar-refractivity contribution in [1.82, 2.24) is 19.5 Å². The van der Waals surface area contributed by atoms with Crippen molar-refractivity contribution in [2.24, 2.45) is 5.41 Å². The summed E-state index contributed by atoms with van der Waals surface area (Å²) in [5.41, 5.74) is 3.06. The summed E-state index contributed by atoms with van der Waals surface area (Å²) in [6, 6.07) is 27.0. The van der Waals surface area contributed by atoms with E-state index in [0.717, 1.165) is 33.7 Å². The molecule has 6 aromatic rings. The molecule has 0 atom stereocenters. The number of aliphatic carboxylic acids is 1. The van der Waals surface area contributed by atoms with Crippen molar-refractivity contribution >= 4 is 27.9 Å². The molecule has 228 valence electrons. The van der Waals surface area contributed by atoms with Crippen LogP contribution in [0.3, 0.4) is 0 Å². The number of ether oxygens (including phenoxy) is 1. The van der Waals surface area contributed by atoms with Crippen molar-refractivity contribution < 1.29 is 27.8 Å². The zero-order valence-corrected chi connectivity index (χ0v) is 24.5. The molecule has 3 heterocycles. The van der Waals surface area contributed by atoms with Crippen LogP contribution in [0.25, 0.3) is 33.1 Å². The molecule has 0 saturated carbocycles. The first-order chi connectivity index (χ1) is 21.5. The second kappa shape index (κ2) is 11.7. The van der Waals surface area contributed by atoms with Crippen molar-refractivity contribution in [3.05, 3.63) is 120 Å². The van der Waals surface area contributed by atoms with E-state index in [-0.39, 0.29) is 13.0 Å². The minimum Gasteiger partial charge on any atom is -0.487 e. The number of rotatable bonds is 9. The summed E-state index contributed by atoms with van der Waals surface area (Å²) in [6.45, 7) is 3.85. The smallest absolute Gasteiger partial charge is 0.433 e. The third-order valence-electron chi connectivity index (χ3n) is 7.73. The number of benzene rings is 3. The molecule has 0 spiro atoms. The average Bonchev–Trinajstić information content (AvgIpc) is 3.34. The number of aromatic nitrogens is 4. The molecule has 1 N–H and O–H groups in total. The lowest BCUT2D eigenvalue weighted by Gasteiger charge is -2.20. The number of hydrogen-bond donors (Lipinski definition) is 1. The van der Waals surface area contributed by atoms with Gasteiger partial charge in [-0.3, -0.25) is 9.78 Å². The van der Waals surface area contributed by atoms with Crippen molar-refractivity contribution in [3.8, 4) is 16.9 Å². The van der Waals surface area contributed by atoms with Crippen molar-refractivity contribution in [3.63, 3.8) is 0 Å². The van der Waals surface area contributed by atoms with Crippen LogP contribution >= 0.6 is 0 Å². The van der Waals surface area contributed by atoms with Gasteiger partial charge in [0.25, 0.3) is 0 Å². The Morgan fingerprint density at radius 2 is 1.67 bits per heavy atom. The van der Waals surface area contributed by atoms with Crippen LogP contribution in [0.5, 0.6) is 5.75 Å². The number of para-hydroxylation sites is 1. The standard InChI is InChI=1S/C35H29F3N4O3/c1-34(2,33(43)44)18-32-41-29-17-26(45-21-25-13-11-22-7-4-6-10-28(22)40-25)14-15-30(29)42(32)20-24-8-3-5-9-27(24)23-12-16-31(39-19-23)35(36,37)38/h3-17,19H,18,20-21H2,1-2H3,(H,43,44). The molecule has 3 aromatic heterocycles. The van der Waals surface area contributed by atoms with Gasteiger partial charge < -0.3 is 14.4 Å². The molecule has 0 unspecified atom stereocenters. The van der Waals surface area contributed by atoms with E-state index >= 15 is 0 Å². The van der Waals surface area contributed by atoms with Gasteiger partial charge in [-0.05, 0) is 55.3 Å². The molecular formula is C35H29F3N4O3. The van der Waals surface area contributed by atoms with Crippen LogP contribution in [0.15, 0.2) is 97.2 Å². The number of imidazole rings is 1. The molecular weight excluding hydrogens is 581 g/mol. The van der Waals surface area contributed by atoms with E-state index in [4.69, 9.17) is 9.72 Å². The number of carboxylic acids is 1. The predicted octanol–water partition coefficient (Wildman–Crippen LogP) is 7.95. The summed E-state index contributed by atoms with van der Waals surface area (Å²) >= 11 is 0. The first-order valence-electron chi connectivity index (χ1n) is 14.3. The minimum absolute atomic E-state index is 0.151. The number of fused-ring (bicyclic) bond motifs is 2. The molecule has 3 aromatic carbocycles. The highest BCUT2D eigenvalue weighted by Crippen LogP contribution is 2.32. The Bertz CT molecular complexity index is 2020. The zero-order chi connectivity index (χ0) is 31.8. The molecule has 0 aliphatic rings. The number of hydrogen-bond acceptors (Lipinski definition) is 5. The third-order valence-corrected chi connectivity index (χ3v) is 7.73. The Morgan fingerprint density at radius 1 is 0.889 bits per heavy atom. The predicted molar refractivity (Wildman–Crippen MR) is 165 cm³/mol. The van der Waals surface area contributed by atoms with E-state index in [2.05, 4.69) is 9.97 Å².